The Labute approximate surface area is 82.4 Å². The summed E-state index contributed by atoms with van der Waals surface area (Å²) in [6, 6.07) is 0. The van der Waals surface area contributed by atoms with E-state index in [0.29, 0.717) is 0 Å². The maximum absolute atomic E-state index is 8.34. The second-order valence-corrected chi connectivity index (χ2v) is 2.29. The van der Waals surface area contributed by atoms with Crippen molar-refractivity contribution in [1.29, 1.82) is 5.41 Å². The van der Waals surface area contributed by atoms with E-state index in [1.165, 1.54) is 0 Å². The number of hydrogen-bond donors (Lipinski definition) is 7. The fourth-order valence-electron chi connectivity index (χ4n) is 0.150. The molecule has 0 aliphatic rings. The van der Waals surface area contributed by atoms with E-state index in [4.69, 9.17) is 26.5 Å². The van der Waals surface area contributed by atoms with Gasteiger partial charge in [0.15, 0.2) is 5.96 Å². The Balaban J connectivity index is -0.000000173. The van der Waals surface area contributed by atoms with Crippen LogP contribution < -0.4 is 17.2 Å². The lowest BCUT2D eigenvalue weighted by atomic mass is 10.1. The highest BCUT2D eigenvalue weighted by atomic mass is 35.5. The van der Waals surface area contributed by atoms with Crippen molar-refractivity contribution in [2.45, 2.75) is 5.54 Å². The van der Waals surface area contributed by atoms with Crippen LogP contribution in [-0.4, -0.2) is 46.6 Å². The number of nitrogens with two attached hydrogens (primary N) is 3. The third-order valence-corrected chi connectivity index (χ3v) is 0.945. The van der Waals surface area contributed by atoms with E-state index in [0.717, 1.165) is 0 Å². The average molecular weight is 217 g/mol. The summed E-state index contributed by atoms with van der Waals surface area (Å²) in [5.41, 5.74) is 12.9. The normalized spacial score (nSPS) is 9.23. The molecular formula is C5H17ClN4O3. The van der Waals surface area contributed by atoms with E-state index < -0.39 is 25.4 Å². The molecule has 7 nitrogen and oxygen atoms in total. The predicted molar refractivity (Wildman–Crippen MR) is 51.5 cm³/mol. The summed E-state index contributed by atoms with van der Waals surface area (Å²) in [6.45, 7) is -1.21. The second-order valence-electron chi connectivity index (χ2n) is 2.29. The van der Waals surface area contributed by atoms with E-state index in [9.17, 15) is 0 Å². The first-order chi connectivity index (χ1) is 5.41. The molecule has 13 heavy (non-hydrogen) atoms. The van der Waals surface area contributed by atoms with Crippen molar-refractivity contribution in [2.75, 3.05) is 19.8 Å². The number of hydrogen-bond acceptors (Lipinski definition) is 5. The Hall–Kier alpha value is -0.600. The van der Waals surface area contributed by atoms with Crippen LogP contribution in [0.15, 0.2) is 0 Å². The molecule has 0 heterocycles. The van der Waals surface area contributed by atoms with Crippen molar-refractivity contribution in [1.82, 2.24) is 0 Å². The van der Waals surface area contributed by atoms with Gasteiger partial charge in [0, 0.05) is 0 Å². The van der Waals surface area contributed by atoms with Crippen molar-refractivity contribution in [3.05, 3.63) is 0 Å². The highest BCUT2D eigenvalue weighted by Crippen LogP contribution is 1.93. The molecule has 0 aromatic carbocycles. The maximum atomic E-state index is 8.34. The fourth-order valence-corrected chi connectivity index (χ4v) is 0.150. The molecule has 0 unspecified atom stereocenters. The summed E-state index contributed by atoms with van der Waals surface area (Å²) in [6.07, 6.45) is 0. The van der Waals surface area contributed by atoms with Gasteiger partial charge in [-0.2, -0.15) is 0 Å². The molecule has 82 valence electrons. The van der Waals surface area contributed by atoms with Crippen LogP contribution in [-0.2, 0) is 0 Å². The van der Waals surface area contributed by atoms with Gasteiger partial charge in [-0.1, -0.05) is 0 Å². The highest BCUT2D eigenvalue weighted by Gasteiger charge is 2.20. The molecule has 0 aliphatic carbocycles. The SMILES string of the molecule is Cl.N=C(N)N.NC(CO)(CO)CO. The maximum Gasteiger partial charge on any atom is 0.183 e. The van der Waals surface area contributed by atoms with Gasteiger partial charge in [-0.3, -0.25) is 5.41 Å². The molecule has 0 aromatic rings. The Morgan fingerprint density at radius 1 is 1.08 bits per heavy atom. The van der Waals surface area contributed by atoms with E-state index in [2.05, 4.69) is 11.5 Å². The van der Waals surface area contributed by atoms with Crippen molar-refractivity contribution in [2.24, 2.45) is 17.2 Å². The largest absolute Gasteiger partial charge is 0.394 e. The van der Waals surface area contributed by atoms with Gasteiger partial charge in [-0.25, -0.2) is 0 Å². The topological polar surface area (TPSA) is 163 Å². The summed E-state index contributed by atoms with van der Waals surface area (Å²) in [7, 11) is 0. The number of halogens is 1. The van der Waals surface area contributed by atoms with Gasteiger partial charge >= 0.3 is 0 Å². The second kappa shape index (κ2) is 9.49. The molecule has 0 atom stereocenters. The fraction of sp³-hybridized carbons (Fsp3) is 0.800. The molecule has 0 rings (SSSR count). The molecule has 0 bridgehead atoms. The molecule has 0 saturated carbocycles. The first kappa shape index (κ1) is 18.2. The first-order valence-corrected chi connectivity index (χ1v) is 3.13. The zero-order chi connectivity index (χ0) is 10.2. The monoisotopic (exact) mass is 216 g/mol. The minimum Gasteiger partial charge on any atom is -0.394 e. The number of rotatable bonds is 3. The molecule has 0 amide bonds. The van der Waals surface area contributed by atoms with Gasteiger partial charge in [0.05, 0.1) is 25.4 Å². The molecule has 0 fully saturated rings. The van der Waals surface area contributed by atoms with Crippen molar-refractivity contribution in [3.63, 3.8) is 0 Å². The van der Waals surface area contributed by atoms with Crippen LogP contribution >= 0.6 is 12.4 Å². The van der Waals surface area contributed by atoms with Gasteiger partial charge < -0.3 is 32.5 Å². The van der Waals surface area contributed by atoms with E-state index in [1.54, 1.807) is 0 Å². The number of aliphatic hydroxyl groups is 3. The predicted octanol–water partition coefficient (Wildman–Crippen LogP) is -3.08. The first-order valence-electron chi connectivity index (χ1n) is 3.13. The molecule has 8 heteroatoms. The van der Waals surface area contributed by atoms with Crippen molar-refractivity contribution < 1.29 is 15.3 Å². The summed E-state index contributed by atoms with van der Waals surface area (Å²) in [4.78, 5) is 0. The van der Waals surface area contributed by atoms with E-state index >= 15 is 0 Å². The van der Waals surface area contributed by atoms with Crippen LogP contribution in [0.25, 0.3) is 0 Å². The van der Waals surface area contributed by atoms with Crippen LogP contribution in [0.4, 0.5) is 0 Å². The van der Waals surface area contributed by atoms with Crippen LogP contribution in [0.5, 0.6) is 0 Å². The third-order valence-electron chi connectivity index (χ3n) is 0.945. The smallest absolute Gasteiger partial charge is 0.183 e. The average Bonchev–Trinajstić information content (AvgIpc) is 2.02. The summed E-state index contributed by atoms with van der Waals surface area (Å²) in [5, 5.41) is 31.1. The Bertz CT molecular complexity index is 119. The van der Waals surface area contributed by atoms with E-state index in [1.807, 2.05) is 0 Å². The molecular weight excluding hydrogens is 200 g/mol. The molecule has 0 aromatic heterocycles. The van der Waals surface area contributed by atoms with Crippen molar-refractivity contribution in [3.8, 4) is 0 Å². The minimum atomic E-state index is -1.21. The van der Waals surface area contributed by atoms with Crippen LogP contribution in [0, 0.1) is 5.41 Å². The van der Waals surface area contributed by atoms with Gasteiger partial charge in [0.1, 0.15) is 0 Å². The zero-order valence-corrected chi connectivity index (χ0v) is 7.92. The van der Waals surface area contributed by atoms with Crippen molar-refractivity contribution >= 4 is 18.4 Å². The molecule has 0 radical (unpaired) electrons. The molecule has 0 saturated heterocycles. The molecule has 0 aliphatic heterocycles. The molecule has 0 spiro atoms. The lowest BCUT2D eigenvalue weighted by molar-refractivity contribution is 0.0698. The quantitative estimate of drug-likeness (QED) is 0.195. The Kier molecular flexibility index (Phi) is 13.3. The Morgan fingerprint density at radius 2 is 1.23 bits per heavy atom. The van der Waals surface area contributed by atoms with Crippen LogP contribution in [0.3, 0.4) is 0 Å². The summed E-state index contributed by atoms with van der Waals surface area (Å²) >= 11 is 0. The van der Waals surface area contributed by atoms with E-state index in [-0.39, 0.29) is 18.4 Å². The summed E-state index contributed by atoms with van der Waals surface area (Å²) in [5.74, 6) is -0.333. The van der Waals surface area contributed by atoms with Crippen LogP contribution in [0.2, 0.25) is 0 Å². The van der Waals surface area contributed by atoms with Gasteiger partial charge in [0.2, 0.25) is 0 Å². The lowest BCUT2D eigenvalue weighted by Crippen LogP contribution is -2.50. The number of guanidine groups is 1. The highest BCUT2D eigenvalue weighted by molar-refractivity contribution is 5.85. The van der Waals surface area contributed by atoms with Gasteiger partial charge in [0.25, 0.3) is 0 Å². The third kappa shape index (κ3) is 14.3. The van der Waals surface area contributed by atoms with Gasteiger partial charge in [-0.05, 0) is 0 Å². The standard InChI is InChI=1S/C4H11NO3.CH5N3.ClH/c5-4(1-6,2-7)3-8;2-1(3)4;/h6-8H,1-3,5H2;(H5,2,3,4);1H. The Morgan fingerprint density at radius 3 is 1.23 bits per heavy atom. The van der Waals surface area contributed by atoms with Gasteiger partial charge in [-0.15, -0.1) is 12.4 Å². The minimum absolute atomic E-state index is 0. The summed E-state index contributed by atoms with van der Waals surface area (Å²) < 4.78 is 0. The lowest BCUT2D eigenvalue weighted by Gasteiger charge is -2.20. The van der Waals surface area contributed by atoms with Crippen LogP contribution in [0.1, 0.15) is 0 Å². The molecule has 10 N–H and O–H groups in total. The number of aliphatic hydroxyl groups excluding tert-OH is 3. The number of nitrogens with one attached hydrogen (secondary N) is 1. The zero-order valence-electron chi connectivity index (χ0n) is 7.10.